The molecule has 2 N–H and O–H groups in total. The fourth-order valence-electron chi connectivity index (χ4n) is 3.33. The number of benzene rings is 1. The van der Waals surface area contributed by atoms with E-state index < -0.39 is 0 Å². The highest BCUT2D eigenvalue weighted by Crippen LogP contribution is 2.36. The van der Waals surface area contributed by atoms with E-state index in [-0.39, 0.29) is 11.7 Å². The van der Waals surface area contributed by atoms with E-state index in [0.717, 1.165) is 17.8 Å². The molecule has 136 valence electrons. The first-order valence-electron chi connectivity index (χ1n) is 8.52. The summed E-state index contributed by atoms with van der Waals surface area (Å²) in [5.41, 5.74) is 1.41. The van der Waals surface area contributed by atoms with E-state index in [1.807, 2.05) is 35.7 Å². The highest BCUT2D eigenvalue weighted by atomic mass is 16.5. The van der Waals surface area contributed by atoms with E-state index in [1.165, 1.54) is 0 Å². The maximum absolute atomic E-state index is 12.9. The van der Waals surface area contributed by atoms with Crippen LogP contribution in [-0.2, 0) is 6.54 Å². The van der Waals surface area contributed by atoms with Crippen molar-refractivity contribution in [1.82, 2.24) is 14.0 Å². The third-order valence-electron chi connectivity index (χ3n) is 4.56. The first-order valence-corrected chi connectivity index (χ1v) is 8.52. The van der Waals surface area contributed by atoms with Crippen LogP contribution < -0.4 is 25.7 Å². The highest BCUT2D eigenvalue weighted by Gasteiger charge is 2.28. The van der Waals surface area contributed by atoms with Crippen LogP contribution in [0.3, 0.4) is 0 Å². The number of fused-ring (bicyclic) bond motifs is 3. The quantitative estimate of drug-likeness (QED) is 0.732. The second-order valence-corrected chi connectivity index (χ2v) is 6.11. The van der Waals surface area contributed by atoms with E-state index in [2.05, 4.69) is 15.6 Å². The molecule has 1 atom stereocenters. The van der Waals surface area contributed by atoms with Gasteiger partial charge in [0.05, 0.1) is 14.2 Å². The van der Waals surface area contributed by atoms with E-state index in [1.54, 1.807) is 25.0 Å². The molecule has 0 radical (unpaired) electrons. The van der Waals surface area contributed by atoms with Crippen molar-refractivity contribution in [3.63, 3.8) is 0 Å². The van der Waals surface area contributed by atoms with Crippen LogP contribution in [0.15, 0.2) is 35.4 Å². The van der Waals surface area contributed by atoms with Gasteiger partial charge in [0.1, 0.15) is 17.7 Å². The zero-order valence-corrected chi connectivity index (χ0v) is 14.9. The first-order chi connectivity index (χ1) is 12.7. The SMILES string of the molecule is CCCn1c(=O)c2c(n3ccnc13)NC(c1ccc(OC)c(OC)c1)N2. The van der Waals surface area contributed by atoms with Gasteiger partial charge in [-0.05, 0) is 24.1 Å². The zero-order chi connectivity index (χ0) is 18.3. The molecule has 1 aromatic carbocycles. The van der Waals surface area contributed by atoms with E-state index in [0.29, 0.717) is 29.5 Å². The molecule has 1 unspecified atom stereocenters. The minimum atomic E-state index is -0.249. The number of hydrogen-bond donors (Lipinski definition) is 2. The van der Waals surface area contributed by atoms with E-state index in [9.17, 15) is 4.79 Å². The Morgan fingerprint density at radius 2 is 2.00 bits per heavy atom. The number of aromatic nitrogens is 3. The summed E-state index contributed by atoms with van der Waals surface area (Å²) in [5.74, 6) is 2.65. The number of anilines is 2. The molecule has 3 heterocycles. The largest absolute Gasteiger partial charge is 0.493 e. The van der Waals surface area contributed by atoms with Gasteiger partial charge in [-0.15, -0.1) is 0 Å². The lowest BCUT2D eigenvalue weighted by atomic mass is 10.1. The molecule has 0 amide bonds. The van der Waals surface area contributed by atoms with Gasteiger partial charge in [0.15, 0.2) is 11.5 Å². The Bertz CT molecular complexity index is 1020. The van der Waals surface area contributed by atoms with Gasteiger partial charge >= 0.3 is 0 Å². The molecular weight excluding hydrogens is 334 g/mol. The Hall–Kier alpha value is -3.16. The summed E-state index contributed by atoms with van der Waals surface area (Å²) in [7, 11) is 3.20. The minimum Gasteiger partial charge on any atom is -0.493 e. The summed E-state index contributed by atoms with van der Waals surface area (Å²) in [6.45, 7) is 2.66. The van der Waals surface area contributed by atoms with E-state index in [4.69, 9.17) is 9.47 Å². The molecule has 8 heteroatoms. The Balaban J connectivity index is 1.78. The molecule has 0 bridgehead atoms. The van der Waals surface area contributed by atoms with Crippen LogP contribution in [0.2, 0.25) is 0 Å². The van der Waals surface area contributed by atoms with Crippen LogP contribution in [-0.4, -0.2) is 28.2 Å². The average molecular weight is 355 g/mol. The van der Waals surface area contributed by atoms with Crippen molar-refractivity contribution in [2.75, 3.05) is 24.9 Å². The smallest absolute Gasteiger partial charge is 0.280 e. The maximum atomic E-state index is 12.9. The molecule has 0 saturated carbocycles. The fraction of sp³-hybridized carbons (Fsp3) is 0.333. The number of nitrogens with one attached hydrogen (secondary N) is 2. The van der Waals surface area contributed by atoms with Crippen molar-refractivity contribution in [2.45, 2.75) is 26.1 Å². The molecule has 0 spiro atoms. The van der Waals surface area contributed by atoms with Crippen molar-refractivity contribution >= 4 is 17.3 Å². The van der Waals surface area contributed by atoms with Crippen LogP contribution in [0.25, 0.3) is 5.78 Å². The van der Waals surface area contributed by atoms with Gasteiger partial charge in [0.2, 0.25) is 5.78 Å². The molecule has 0 fully saturated rings. The van der Waals surface area contributed by atoms with Crippen LogP contribution in [0.4, 0.5) is 11.5 Å². The Morgan fingerprint density at radius 1 is 1.19 bits per heavy atom. The van der Waals surface area contributed by atoms with Gasteiger partial charge in [-0.1, -0.05) is 13.0 Å². The highest BCUT2D eigenvalue weighted by molar-refractivity contribution is 5.73. The number of hydrogen-bond acceptors (Lipinski definition) is 6. The lowest BCUT2D eigenvalue weighted by Gasteiger charge is -2.15. The Kier molecular flexibility index (Phi) is 3.95. The summed E-state index contributed by atoms with van der Waals surface area (Å²) in [6.07, 6.45) is 4.16. The molecule has 2 aromatic heterocycles. The number of ether oxygens (including phenoxy) is 2. The molecule has 0 aliphatic carbocycles. The zero-order valence-electron chi connectivity index (χ0n) is 14.9. The lowest BCUT2D eigenvalue weighted by molar-refractivity contribution is 0.354. The lowest BCUT2D eigenvalue weighted by Crippen LogP contribution is -2.24. The van der Waals surface area contributed by atoms with Gasteiger partial charge in [-0.25, -0.2) is 4.98 Å². The number of imidazole rings is 1. The van der Waals surface area contributed by atoms with Crippen LogP contribution in [0.1, 0.15) is 25.1 Å². The monoisotopic (exact) mass is 355 g/mol. The molecule has 3 aromatic rings. The van der Waals surface area contributed by atoms with Crippen molar-refractivity contribution in [3.05, 3.63) is 46.5 Å². The normalized spacial score (nSPS) is 15.4. The molecule has 4 rings (SSSR count). The predicted octanol–water partition coefficient (Wildman–Crippen LogP) is 2.46. The minimum absolute atomic E-state index is 0.0731. The Labute approximate surface area is 150 Å². The fourth-order valence-corrected chi connectivity index (χ4v) is 3.33. The van der Waals surface area contributed by atoms with E-state index >= 15 is 0 Å². The van der Waals surface area contributed by atoms with Crippen molar-refractivity contribution in [2.24, 2.45) is 0 Å². The van der Waals surface area contributed by atoms with Gasteiger partial charge in [-0.3, -0.25) is 13.8 Å². The molecule has 0 saturated heterocycles. The maximum Gasteiger partial charge on any atom is 0.280 e. The van der Waals surface area contributed by atoms with Crippen LogP contribution in [0.5, 0.6) is 11.5 Å². The number of nitrogens with zero attached hydrogens (tertiary/aromatic N) is 3. The number of aryl methyl sites for hydroxylation is 1. The van der Waals surface area contributed by atoms with Crippen molar-refractivity contribution in [3.8, 4) is 11.5 Å². The predicted molar refractivity (Wildman–Crippen MR) is 99.3 cm³/mol. The summed E-state index contributed by atoms with van der Waals surface area (Å²) in [6, 6.07) is 5.68. The summed E-state index contributed by atoms with van der Waals surface area (Å²) in [4.78, 5) is 17.3. The van der Waals surface area contributed by atoms with Gasteiger partial charge in [-0.2, -0.15) is 0 Å². The number of methoxy groups -OCH3 is 2. The molecule has 26 heavy (non-hydrogen) atoms. The molecular formula is C18H21N5O3. The standard InChI is InChI=1S/C18H21N5O3/c1-4-8-23-17(24)14-16(22-9-7-19-18(22)23)21-15(20-14)11-5-6-12(25-2)13(10-11)26-3/h5-7,9-10,15,20-21H,4,8H2,1-3H3. The second kappa shape index (κ2) is 6.29. The summed E-state index contributed by atoms with van der Waals surface area (Å²) in [5, 5.41) is 6.68. The Morgan fingerprint density at radius 3 is 2.73 bits per heavy atom. The van der Waals surface area contributed by atoms with Crippen molar-refractivity contribution < 1.29 is 9.47 Å². The summed E-state index contributed by atoms with van der Waals surface area (Å²) < 4.78 is 14.3. The molecule has 1 aliphatic heterocycles. The van der Waals surface area contributed by atoms with Crippen LogP contribution >= 0.6 is 0 Å². The topological polar surface area (TPSA) is 81.8 Å². The molecule has 1 aliphatic rings. The second-order valence-electron chi connectivity index (χ2n) is 6.11. The summed E-state index contributed by atoms with van der Waals surface area (Å²) >= 11 is 0. The average Bonchev–Trinajstić information content (AvgIpc) is 3.31. The number of rotatable bonds is 5. The molecule has 8 nitrogen and oxygen atoms in total. The van der Waals surface area contributed by atoms with Crippen molar-refractivity contribution in [1.29, 1.82) is 0 Å². The third kappa shape index (κ3) is 2.37. The third-order valence-corrected chi connectivity index (χ3v) is 4.56. The van der Waals surface area contributed by atoms with Gasteiger partial charge < -0.3 is 20.1 Å². The van der Waals surface area contributed by atoms with Gasteiger partial charge in [0.25, 0.3) is 5.56 Å². The van der Waals surface area contributed by atoms with Gasteiger partial charge in [0, 0.05) is 18.9 Å². The first kappa shape index (κ1) is 16.3. The van der Waals surface area contributed by atoms with Crippen LogP contribution in [0, 0.1) is 0 Å².